The van der Waals surface area contributed by atoms with Crippen molar-refractivity contribution in [1.29, 1.82) is 0 Å². The number of Topliss-reactive ketones (excluding diaryl/α,β-unsaturated/α-hetero) is 1. The molecular weight excluding hydrogens is 405 g/mol. The van der Waals surface area contributed by atoms with Crippen LogP contribution in [0, 0.1) is 5.82 Å². The van der Waals surface area contributed by atoms with Gasteiger partial charge in [-0.1, -0.05) is 60.1 Å². The zero-order valence-electron chi connectivity index (χ0n) is 15.8. The highest BCUT2D eigenvalue weighted by Gasteiger charge is 2.46. The first kappa shape index (κ1) is 19.9. The van der Waals surface area contributed by atoms with E-state index in [1.54, 1.807) is 30.3 Å². The zero-order valence-corrected chi connectivity index (χ0v) is 16.5. The van der Waals surface area contributed by atoms with Crippen LogP contribution in [0.2, 0.25) is 5.02 Å². The smallest absolute Gasteiger partial charge is 0.295 e. The molecule has 1 saturated heterocycles. The number of aliphatic hydroxyl groups excluding tert-OH is 1. The lowest BCUT2D eigenvalue weighted by molar-refractivity contribution is -0.140. The number of halogens is 2. The van der Waals surface area contributed by atoms with Crippen LogP contribution >= 0.6 is 11.6 Å². The Hall–Kier alpha value is -3.44. The monoisotopic (exact) mass is 421 g/mol. The van der Waals surface area contributed by atoms with Gasteiger partial charge in [0.2, 0.25) is 0 Å². The lowest BCUT2D eigenvalue weighted by Crippen LogP contribution is -2.29. The summed E-state index contributed by atoms with van der Waals surface area (Å²) >= 11 is 5.91. The molecule has 4 nitrogen and oxygen atoms in total. The number of ketones is 1. The molecule has 4 rings (SSSR count). The molecule has 0 bridgehead atoms. The standard InChI is InChI=1S/C24H17ClFNO3/c25-17-12-10-16(11-13-17)22(28)20-21(18-8-4-5-9-19(18)26)27(24(30)23(20)29)14-15-6-2-1-3-7-15/h1-13,21,28H,14H2/t21-/m1/s1. The van der Waals surface area contributed by atoms with Crippen molar-refractivity contribution in [3.8, 4) is 0 Å². The molecule has 3 aromatic carbocycles. The number of benzene rings is 3. The van der Waals surface area contributed by atoms with E-state index in [1.807, 2.05) is 30.3 Å². The average molecular weight is 422 g/mol. The number of amides is 1. The van der Waals surface area contributed by atoms with Gasteiger partial charge in [0.15, 0.2) is 0 Å². The van der Waals surface area contributed by atoms with E-state index in [4.69, 9.17) is 11.6 Å². The molecule has 1 fully saturated rings. The van der Waals surface area contributed by atoms with Crippen LogP contribution in [0.3, 0.4) is 0 Å². The Kier molecular flexibility index (Phi) is 5.38. The molecule has 0 unspecified atom stereocenters. The summed E-state index contributed by atoms with van der Waals surface area (Å²) in [6.07, 6.45) is 0. The first-order chi connectivity index (χ1) is 14.5. The van der Waals surface area contributed by atoms with E-state index in [2.05, 4.69) is 0 Å². The molecule has 3 aromatic rings. The molecule has 1 atom stereocenters. The van der Waals surface area contributed by atoms with Crippen molar-refractivity contribution in [2.45, 2.75) is 12.6 Å². The van der Waals surface area contributed by atoms with Crippen molar-refractivity contribution in [2.75, 3.05) is 0 Å². The Morgan fingerprint density at radius 3 is 2.23 bits per heavy atom. The minimum atomic E-state index is -1.05. The Balaban J connectivity index is 1.88. The number of hydrogen-bond acceptors (Lipinski definition) is 3. The molecule has 1 amide bonds. The molecule has 6 heteroatoms. The maximum Gasteiger partial charge on any atom is 0.295 e. The van der Waals surface area contributed by atoms with Gasteiger partial charge in [-0.3, -0.25) is 9.59 Å². The van der Waals surface area contributed by atoms with Gasteiger partial charge in [0, 0.05) is 22.7 Å². The highest BCUT2D eigenvalue weighted by Crippen LogP contribution is 2.41. The summed E-state index contributed by atoms with van der Waals surface area (Å²) in [6.45, 7) is 0.0990. The van der Waals surface area contributed by atoms with Crippen LogP contribution in [-0.4, -0.2) is 21.7 Å². The third kappa shape index (κ3) is 3.60. The second kappa shape index (κ2) is 8.13. The lowest BCUT2D eigenvalue weighted by Gasteiger charge is -2.25. The SMILES string of the molecule is O=C1C(=O)N(Cc2ccccc2)[C@H](c2ccccc2F)C1=C(O)c1ccc(Cl)cc1. The first-order valence-electron chi connectivity index (χ1n) is 9.30. The fraction of sp³-hybridized carbons (Fsp3) is 0.0833. The van der Waals surface area contributed by atoms with Crippen molar-refractivity contribution in [1.82, 2.24) is 4.90 Å². The van der Waals surface area contributed by atoms with E-state index in [1.165, 1.54) is 23.1 Å². The molecule has 1 heterocycles. The quantitative estimate of drug-likeness (QED) is 0.362. The second-order valence-corrected chi connectivity index (χ2v) is 7.38. The van der Waals surface area contributed by atoms with E-state index in [0.717, 1.165) is 5.56 Å². The van der Waals surface area contributed by atoms with Crippen molar-refractivity contribution in [3.63, 3.8) is 0 Å². The topological polar surface area (TPSA) is 57.6 Å². The van der Waals surface area contributed by atoms with Crippen LogP contribution in [0.15, 0.2) is 84.4 Å². The van der Waals surface area contributed by atoms with E-state index in [9.17, 15) is 19.1 Å². The molecule has 150 valence electrons. The average Bonchev–Trinajstić information content (AvgIpc) is 3.00. The van der Waals surface area contributed by atoms with E-state index >= 15 is 0 Å². The molecule has 0 aliphatic carbocycles. The second-order valence-electron chi connectivity index (χ2n) is 6.94. The fourth-order valence-corrected chi connectivity index (χ4v) is 3.73. The molecule has 1 aliphatic heterocycles. The van der Waals surface area contributed by atoms with Gasteiger partial charge in [0.25, 0.3) is 11.7 Å². The predicted molar refractivity (Wildman–Crippen MR) is 112 cm³/mol. The highest BCUT2D eigenvalue weighted by molar-refractivity contribution is 6.46. The van der Waals surface area contributed by atoms with Crippen LogP contribution in [-0.2, 0) is 16.1 Å². The summed E-state index contributed by atoms with van der Waals surface area (Å²) in [5.74, 6) is -2.58. The molecule has 0 spiro atoms. The summed E-state index contributed by atoms with van der Waals surface area (Å²) in [6, 6.07) is 20.2. The van der Waals surface area contributed by atoms with Gasteiger partial charge >= 0.3 is 0 Å². The van der Waals surface area contributed by atoms with Crippen LogP contribution in [0.1, 0.15) is 22.7 Å². The Bertz CT molecular complexity index is 1140. The van der Waals surface area contributed by atoms with E-state index in [0.29, 0.717) is 10.6 Å². The number of nitrogens with zero attached hydrogens (tertiary/aromatic N) is 1. The number of carbonyl (C=O) groups excluding carboxylic acids is 2. The number of likely N-dealkylation sites (tertiary alicyclic amines) is 1. The van der Waals surface area contributed by atoms with Gasteiger partial charge in [-0.25, -0.2) is 4.39 Å². The molecule has 0 radical (unpaired) electrons. The predicted octanol–water partition coefficient (Wildman–Crippen LogP) is 5.10. The summed E-state index contributed by atoms with van der Waals surface area (Å²) in [4.78, 5) is 27.1. The molecule has 30 heavy (non-hydrogen) atoms. The largest absolute Gasteiger partial charge is 0.507 e. The molecule has 1 N–H and O–H groups in total. The third-order valence-corrected chi connectivity index (χ3v) is 5.31. The summed E-state index contributed by atoms with van der Waals surface area (Å²) in [7, 11) is 0. The number of carbonyl (C=O) groups is 2. The maximum absolute atomic E-state index is 14.7. The van der Waals surface area contributed by atoms with Crippen LogP contribution in [0.25, 0.3) is 5.76 Å². The fourth-order valence-electron chi connectivity index (χ4n) is 3.61. The Morgan fingerprint density at radius 2 is 1.57 bits per heavy atom. The van der Waals surface area contributed by atoms with Gasteiger partial charge in [0.05, 0.1) is 11.6 Å². The van der Waals surface area contributed by atoms with Gasteiger partial charge in [0.1, 0.15) is 11.6 Å². The summed E-state index contributed by atoms with van der Waals surface area (Å²) in [5, 5.41) is 11.4. The Morgan fingerprint density at radius 1 is 0.933 bits per heavy atom. The summed E-state index contributed by atoms with van der Waals surface area (Å²) < 4.78 is 14.7. The normalized spacial score (nSPS) is 18.1. The molecule has 0 saturated carbocycles. The summed E-state index contributed by atoms with van der Waals surface area (Å²) in [5.41, 5.74) is 1.09. The van der Waals surface area contributed by atoms with Crippen LogP contribution in [0.5, 0.6) is 0 Å². The zero-order chi connectivity index (χ0) is 21.3. The number of aliphatic hydroxyl groups is 1. The molecule has 0 aromatic heterocycles. The first-order valence-corrected chi connectivity index (χ1v) is 9.68. The number of hydrogen-bond donors (Lipinski definition) is 1. The van der Waals surface area contributed by atoms with Crippen LogP contribution < -0.4 is 0 Å². The highest BCUT2D eigenvalue weighted by atomic mass is 35.5. The van der Waals surface area contributed by atoms with Gasteiger partial charge < -0.3 is 10.0 Å². The molecular formula is C24H17ClFNO3. The minimum absolute atomic E-state index is 0.0990. The molecule has 1 aliphatic rings. The number of rotatable bonds is 4. The van der Waals surface area contributed by atoms with Gasteiger partial charge in [-0.15, -0.1) is 0 Å². The minimum Gasteiger partial charge on any atom is -0.507 e. The van der Waals surface area contributed by atoms with Crippen LogP contribution in [0.4, 0.5) is 4.39 Å². The lowest BCUT2D eigenvalue weighted by atomic mass is 9.95. The maximum atomic E-state index is 14.7. The van der Waals surface area contributed by atoms with Crippen molar-refractivity contribution < 1.29 is 19.1 Å². The van der Waals surface area contributed by atoms with E-state index in [-0.39, 0.29) is 23.4 Å². The van der Waals surface area contributed by atoms with Gasteiger partial charge in [-0.2, -0.15) is 0 Å². The van der Waals surface area contributed by atoms with Crippen molar-refractivity contribution >= 4 is 29.1 Å². The van der Waals surface area contributed by atoms with Crippen molar-refractivity contribution in [3.05, 3.63) is 112 Å². The Labute approximate surface area is 177 Å². The van der Waals surface area contributed by atoms with E-state index < -0.39 is 23.5 Å². The van der Waals surface area contributed by atoms with Gasteiger partial charge in [-0.05, 0) is 35.9 Å². The third-order valence-electron chi connectivity index (χ3n) is 5.05. The van der Waals surface area contributed by atoms with Crippen molar-refractivity contribution in [2.24, 2.45) is 0 Å².